The number of halogens is 1. The largest absolute Gasteiger partial charge is 0.342 e. The van der Waals surface area contributed by atoms with Crippen molar-refractivity contribution in [2.45, 2.75) is 0 Å². The molecule has 0 fully saturated rings. The van der Waals surface area contributed by atoms with E-state index in [2.05, 4.69) is 5.10 Å². The third-order valence-corrected chi connectivity index (χ3v) is 1.47. The lowest BCUT2D eigenvalue weighted by Crippen LogP contribution is -2.18. The van der Waals surface area contributed by atoms with E-state index in [0.29, 0.717) is 5.69 Å². The maximum Gasteiger partial charge on any atom is 0.342 e. The van der Waals surface area contributed by atoms with Gasteiger partial charge in [-0.3, -0.25) is 4.79 Å². The summed E-state index contributed by atoms with van der Waals surface area (Å²) in [4.78, 5) is 20.7. The molecule has 0 aromatic heterocycles. The molecule has 1 amide bonds. The number of para-hydroxylation sites is 1. The van der Waals surface area contributed by atoms with E-state index in [9.17, 15) is 9.59 Å². The van der Waals surface area contributed by atoms with Crippen molar-refractivity contribution in [3.05, 3.63) is 30.3 Å². The Morgan fingerprint density at radius 2 is 2.00 bits per heavy atom. The second-order valence-corrected chi connectivity index (χ2v) is 2.41. The van der Waals surface area contributed by atoms with Crippen LogP contribution in [0.15, 0.2) is 35.4 Å². The van der Waals surface area contributed by atoms with Crippen molar-refractivity contribution in [3.8, 4) is 0 Å². The fourth-order valence-electron chi connectivity index (χ4n) is 0.809. The summed E-state index contributed by atoms with van der Waals surface area (Å²) < 4.78 is 0. The first-order chi connectivity index (χ1) is 6.25. The quantitative estimate of drug-likeness (QED) is 0.239. The molecule has 0 bridgehead atoms. The van der Waals surface area contributed by atoms with Gasteiger partial charge in [0.25, 0.3) is 6.08 Å². The number of carbonyl (C=O) groups excluding carboxylic acids is 2. The van der Waals surface area contributed by atoms with Crippen molar-refractivity contribution in [1.29, 1.82) is 0 Å². The summed E-state index contributed by atoms with van der Waals surface area (Å²) in [6, 6.07) is 8.36. The lowest BCUT2D eigenvalue weighted by atomic mass is 10.3. The lowest BCUT2D eigenvalue weighted by Gasteiger charge is -2.09. The van der Waals surface area contributed by atoms with Gasteiger partial charge in [0.1, 0.15) is 0 Å². The average Bonchev–Trinajstić information content (AvgIpc) is 2.15. The molecule has 0 saturated heterocycles. The molecule has 0 atom stereocenters. The number of nitrogens with zero attached hydrogens (tertiary/aromatic N) is 2. The third kappa shape index (κ3) is 2.40. The van der Waals surface area contributed by atoms with Gasteiger partial charge < -0.3 is 0 Å². The highest BCUT2D eigenvalue weighted by molar-refractivity contribution is 6.66. The number of rotatable bonds is 2. The van der Waals surface area contributed by atoms with Crippen LogP contribution in [-0.2, 0) is 4.79 Å². The van der Waals surface area contributed by atoms with E-state index in [-0.39, 0.29) is 0 Å². The number of benzene rings is 1. The van der Waals surface area contributed by atoms with Crippen LogP contribution in [0.25, 0.3) is 0 Å². The van der Waals surface area contributed by atoms with Crippen LogP contribution in [0.3, 0.4) is 0 Å². The second kappa shape index (κ2) is 4.40. The van der Waals surface area contributed by atoms with Gasteiger partial charge in [-0.15, -0.1) is 0 Å². The Balaban J connectivity index is 3.02. The van der Waals surface area contributed by atoms with Crippen molar-refractivity contribution >= 4 is 28.7 Å². The molecule has 4 nitrogen and oxygen atoms in total. The van der Waals surface area contributed by atoms with Crippen LogP contribution in [0.4, 0.5) is 10.5 Å². The van der Waals surface area contributed by atoms with Crippen LogP contribution in [0.1, 0.15) is 0 Å². The first-order valence-corrected chi connectivity index (χ1v) is 3.76. The Bertz CT molecular complexity index is 344. The fraction of sp³-hybridized carbons (Fsp3) is 0. The van der Waals surface area contributed by atoms with Crippen molar-refractivity contribution in [2.75, 3.05) is 5.01 Å². The number of hydrogen-bond acceptors (Lipinski definition) is 3. The van der Waals surface area contributed by atoms with Crippen LogP contribution >= 0.6 is 11.6 Å². The molecule has 1 rings (SSSR count). The Morgan fingerprint density at radius 1 is 1.38 bits per heavy atom. The summed E-state index contributed by atoms with van der Waals surface area (Å²) in [5.41, 5.74) is 0.422. The molecule has 66 valence electrons. The van der Waals surface area contributed by atoms with E-state index in [0.717, 1.165) is 5.01 Å². The molecule has 0 saturated carbocycles. The molecule has 0 heterocycles. The van der Waals surface area contributed by atoms with Crippen LogP contribution in [-0.4, -0.2) is 11.4 Å². The summed E-state index contributed by atoms with van der Waals surface area (Å²) in [7, 11) is 0. The van der Waals surface area contributed by atoms with Gasteiger partial charge in [-0.2, -0.15) is 5.01 Å². The first kappa shape index (κ1) is 9.45. The fourth-order valence-corrected chi connectivity index (χ4v) is 0.944. The molecule has 0 unspecified atom stereocenters. The molecule has 0 aliphatic carbocycles. The van der Waals surface area contributed by atoms with E-state index < -0.39 is 5.37 Å². The van der Waals surface area contributed by atoms with E-state index in [1.165, 1.54) is 6.08 Å². The number of carbonyl (C=O) groups is 1. The third-order valence-electron chi connectivity index (χ3n) is 1.31. The second-order valence-electron chi connectivity index (χ2n) is 2.09. The van der Waals surface area contributed by atoms with Gasteiger partial charge in [0.2, 0.25) is 0 Å². The molecule has 5 heteroatoms. The molecule has 0 N–H and O–H groups in total. The van der Waals surface area contributed by atoms with Gasteiger partial charge in [0.05, 0.1) is 5.69 Å². The van der Waals surface area contributed by atoms with Gasteiger partial charge in [-0.1, -0.05) is 23.3 Å². The summed E-state index contributed by atoms with van der Waals surface area (Å²) in [6.45, 7) is 0. The van der Waals surface area contributed by atoms with Crippen molar-refractivity contribution in [2.24, 2.45) is 5.10 Å². The minimum atomic E-state index is -0.852. The lowest BCUT2D eigenvalue weighted by molar-refractivity contribution is 0.264. The highest BCUT2D eigenvalue weighted by Gasteiger charge is 2.10. The van der Waals surface area contributed by atoms with Crippen molar-refractivity contribution < 1.29 is 9.59 Å². The predicted octanol–water partition coefficient (Wildman–Crippen LogP) is 2.10. The van der Waals surface area contributed by atoms with Crippen LogP contribution < -0.4 is 5.01 Å². The zero-order chi connectivity index (χ0) is 9.68. The van der Waals surface area contributed by atoms with Gasteiger partial charge in [0.15, 0.2) is 0 Å². The van der Waals surface area contributed by atoms with Crippen LogP contribution in [0.5, 0.6) is 0 Å². The minimum Gasteiger partial charge on any atom is -0.253 e. The summed E-state index contributed by atoms with van der Waals surface area (Å²) in [5, 5.41) is 3.05. The van der Waals surface area contributed by atoms with Gasteiger partial charge in [-0.25, -0.2) is 4.79 Å². The highest BCUT2D eigenvalue weighted by Crippen LogP contribution is 2.14. The Labute approximate surface area is 79.4 Å². The summed E-state index contributed by atoms with van der Waals surface area (Å²) in [6.07, 6.45) is 1.24. The molecule has 0 spiro atoms. The summed E-state index contributed by atoms with van der Waals surface area (Å²) >= 11 is 5.17. The molecule has 0 aliphatic rings. The topological polar surface area (TPSA) is 49.7 Å². The SMILES string of the molecule is O=C=NN(C(=O)Cl)c1ccccc1. The molecule has 13 heavy (non-hydrogen) atoms. The molecular weight excluding hydrogens is 192 g/mol. The Hall–Kier alpha value is -1.64. The smallest absolute Gasteiger partial charge is 0.253 e. The highest BCUT2D eigenvalue weighted by atomic mass is 35.5. The maximum atomic E-state index is 10.8. The zero-order valence-electron chi connectivity index (χ0n) is 6.48. The molecule has 0 aliphatic heterocycles. The van der Waals surface area contributed by atoms with Crippen molar-refractivity contribution in [3.63, 3.8) is 0 Å². The average molecular weight is 197 g/mol. The van der Waals surface area contributed by atoms with Gasteiger partial charge in [0, 0.05) is 0 Å². The number of amides is 1. The number of isocyanates is 1. The molecule has 0 radical (unpaired) electrons. The Morgan fingerprint density at radius 3 is 2.46 bits per heavy atom. The summed E-state index contributed by atoms with van der Waals surface area (Å²) in [5.74, 6) is 0. The maximum absolute atomic E-state index is 10.8. The number of hydrogen-bond donors (Lipinski definition) is 0. The Kier molecular flexibility index (Phi) is 3.20. The number of hydrazone groups is 1. The molecular formula is C8H5ClN2O2. The minimum absolute atomic E-state index is 0.422. The van der Waals surface area contributed by atoms with E-state index >= 15 is 0 Å². The van der Waals surface area contributed by atoms with Crippen LogP contribution in [0.2, 0.25) is 0 Å². The number of anilines is 1. The predicted molar refractivity (Wildman–Crippen MR) is 48.3 cm³/mol. The molecule has 1 aromatic rings. The standard InChI is InChI=1S/C8H5ClN2O2/c9-8(13)11(10-6-12)7-4-2-1-3-5-7/h1-5H. The van der Waals surface area contributed by atoms with E-state index in [1.54, 1.807) is 30.3 Å². The monoisotopic (exact) mass is 196 g/mol. The molecule has 1 aromatic carbocycles. The first-order valence-electron chi connectivity index (χ1n) is 3.38. The van der Waals surface area contributed by atoms with Crippen molar-refractivity contribution in [1.82, 2.24) is 0 Å². The normalized spacial score (nSPS) is 8.69. The van der Waals surface area contributed by atoms with Gasteiger partial charge in [-0.05, 0) is 23.7 Å². The van der Waals surface area contributed by atoms with E-state index in [4.69, 9.17) is 11.6 Å². The van der Waals surface area contributed by atoms with Crippen LogP contribution in [0, 0.1) is 0 Å². The zero-order valence-corrected chi connectivity index (χ0v) is 7.23. The van der Waals surface area contributed by atoms with E-state index in [1.807, 2.05) is 0 Å². The van der Waals surface area contributed by atoms with Gasteiger partial charge >= 0.3 is 5.37 Å².